The van der Waals surface area contributed by atoms with E-state index in [1.165, 1.54) is 11.3 Å². The largest absolute Gasteiger partial charge is 0.444 e. The lowest BCUT2D eigenvalue weighted by Gasteiger charge is -2.22. The summed E-state index contributed by atoms with van der Waals surface area (Å²) in [5.41, 5.74) is 2.09. The van der Waals surface area contributed by atoms with Crippen LogP contribution in [0.1, 0.15) is 42.9 Å². The van der Waals surface area contributed by atoms with Gasteiger partial charge in [-0.3, -0.25) is 9.48 Å². The van der Waals surface area contributed by atoms with Gasteiger partial charge in [-0.2, -0.15) is 5.10 Å². The van der Waals surface area contributed by atoms with Crippen molar-refractivity contribution < 1.29 is 14.3 Å². The molecule has 0 saturated heterocycles. The van der Waals surface area contributed by atoms with Gasteiger partial charge in [0, 0.05) is 24.8 Å². The van der Waals surface area contributed by atoms with Gasteiger partial charge in [0.25, 0.3) is 5.91 Å². The zero-order valence-electron chi connectivity index (χ0n) is 19.2. The van der Waals surface area contributed by atoms with Crippen molar-refractivity contribution in [3.63, 3.8) is 0 Å². The predicted octanol–water partition coefficient (Wildman–Crippen LogP) is 5.15. The molecule has 9 heteroatoms. The summed E-state index contributed by atoms with van der Waals surface area (Å²) in [7, 11) is 0. The van der Waals surface area contributed by atoms with Gasteiger partial charge < -0.3 is 15.4 Å². The van der Waals surface area contributed by atoms with E-state index in [0.29, 0.717) is 22.2 Å². The van der Waals surface area contributed by atoms with E-state index in [1.807, 2.05) is 48.0 Å². The minimum Gasteiger partial charge on any atom is -0.444 e. The number of thiophene rings is 1. The Labute approximate surface area is 203 Å². The van der Waals surface area contributed by atoms with Crippen molar-refractivity contribution in [2.75, 3.05) is 6.54 Å². The molecular weight excluding hydrogens is 460 g/mol. The molecule has 2 aromatic heterocycles. The molecule has 1 unspecified atom stereocenters. The Kier molecular flexibility index (Phi) is 8.15. The molecule has 1 atom stereocenters. The van der Waals surface area contributed by atoms with Crippen LogP contribution in [-0.2, 0) is 17.7 Å². The minimum absolute atomic E-state index is 0.226. The van der Waals surface area contributed by atoms with E-state index in [0.717, 1.165) is 16.8 Å². The monoisotopic (exact) mass is 488 g/mol. The van der Waals surface area contributed by atoms with Crippen LogP contribution in [0, 0.1) is 0 Å². The number of amides is 2. The van der Waals surface area contributed by atoms with E-state index in [-0.39, 0.29) is 18.5 Å². The van der Waals surface area contributed by atoms with Crippen molar-refractivity contribution in [3.8, 4) is 11.3 Å². The Bertz CT molecular complexity index is 1090. The Morgan fingerprint density at radius 2 is 1.94 bits per heavy atom. The summed E-state index contributed by atoms with van der Waals surface area (Å²) in [6.45, 7) is 8.33. The van der Waals surface area contributed by atoms with E-state index in [4.69, 9.17) is 16.3 Å². The average Bonchev–Trinajstić information content (AvgIpc) is 3.37. The standard InChI is InChI=1S/C24H29ClN4O3S/c1-5-29-19(11-12-27-29)18-14-20(33-21(18)25)22(30)28-17(13-16-9-7-6-8-10-16)15-26-23(31)32-24(2,3)4/h6-12,14,17H,5,13,15H2,1-4H3,(H,26,31)(H,28,30). The topological polar surface area (TPSA) is 85.3 Å². The SMILES string of the molecule is CCn1nccc1-c1cc(C(=O)NC(CNC(=O)OC(C)(C)C)Cc2ccccc2)sc1Cl. The van der Waals surface area contributed by atoms with Gasteiger partial charge in [-0.1, -0.05) is 41.9 Å². The lowest BCUT2D eigenvalue weighted by molar-refractivity contribution is 0.0520. The number of benzene rings is 1. The molecule has 33 heavy (non-hydrogen) atoms. The maximum absolute atomic E-state index is 13.1. The maximum atomic E-state index is 13.1. The number of rotatable bonds is 8. The third-order valence-corrected chi connectivity index (χ3v) is 6.11. The van der Waals surface area contributed by atoms with E-state index in [9.17, 15) is 9.59 Å². The van der Waals surface area contributed by atoms with Crippen LogP contribution in [0.4, 0.5) is 4.79 Å². The molecule has 2 amide bonds. The number of ether oxygens (including phenoxy) is 1. The van der Waals surface area contributed by atoms with Gasteiger partial charge in [-0.25, -0.2) is 4.79 Å². The Hall–Kier alpha value is -2.84. The highest BCUT2D eigenvalue weighted by Gasteiger charge is 2.22. The Balaban J connectivity index is 1.74. The second-order valence-electron chi connectivity index (χ2n) is 8.57. The van der Waals surface area contributed by atoms with Gasteiger partial charge in [-0.05, 0) is 51.8 Å². The molecule has 0 spiro atoms. The normalized spacial score (nSPS) is 12.3. The van der Waals surface area contributed by atoms with Crippen molar-refractivity contribution in [1.82, 2.24) is 20.4 Å². The smallest absolute Gasteiger partial charge is 0.407 e. The minimum atomic E-state index is -0.600. The van der Waals surface area contributed by atoms with Gasteiger partial charge in [-0.15, -0.1) is 11.3 Å². The average molecular weight is 489 g/mol. The van der Waals surface area contributed by atoms with Gasteiger partial charge >= 0.3 is 6.09 Å². The molecular formula is C24H29ClN4O3S. The lowest BCUT2D eigenvalue weighted by Crippen LogP contribution is -2.45. The number of aromatic nitrogens is 2. The van der Waals surface area contributed by atoms with Crippen molar-refractivity contribution >= 4 is 34.9 Å². The number of carbonyl (C=O) groups is 2. The van der Waals surface area contributed by atoms with Crippen LogP contribution in [0.3, 0.4) is 0 Å². The molecule has 2 N–H and O–H groups in total. The van der Waals surface area contributed by atoms with Gasteiger partial charge in [0.1, 0.15) is 9.94 Å². The van der Waals surface area contributed by atoms with Crippen molar-refractivity contribution in [2.24, 2.45) is 0 Å². The summed E-state index contributed by atoms with van der Waals surface area (Å²) in [5, 5.41) is 10.1. The number of aryl methyl sites for hydroxylation is 1. The summed E-state index contributed by atoms with van der Waals surface area (Å²) in [6, 6.07) is 13.1. The number of alkyl carbamates (subject to hydrolysis) is 1. The van der Waals surface area contributed by atoms with Crippen molar-refractivity contribution in [1.29, 1.82) is 0 Å². The summed E-state index contributed by atoms with van der Waals surface area (Å²) in [5.74, 6) is -0.248. The van der Waals surface area contributed by atoms with Gasteiger partial charge in [0.2, 0.25) is 0 Å². The highest BCUT2D eigenvalue weighted by molar-refractivity contribution is 7.18. The fourth-order valence-corrected chi connectivity index (χ4v) is 4.51. The summed E-state index contributed by atoms with van der Waals surface area (Å²) >= 11 is 7.68. The summed E-state index contributed by atoms with van der Waals surface area (Å²) in [4.78, 5) is 25.7. The summed E-state index contributed by atoms with van der Waals surface area (Å²) < 4.78 is 7.69. The quantitative estimate of drug-likeness (QED) is 0.459. The fraction of sp³-hybridized carbons (Fsp3) is 0.375. The highest BCUT2D eigenvalue weighted by atomic mass is 35.5. The molecule has 0 fully saturated rings. The van der Waals surface area contributed by atoms with Crippen molar-refractivity contribution in [3.05, 3.63) is 63.4 Å². The number of nitrogens with one attached hydrogen (secondary N) is 2. The molecule has 1 aromatic carbocycles. The maximum Gasteiger partial charge on any atom is 0.407 e. The first-order chi connectivity index (χ1) is 15.7. The molecule has 3 aromatic rings. The third kappa shape index (κ3) is 7.07. The van der Waals surface area contributed by atoms with Gasteiger partial charge in [0.15, 0.2) is 0 Å². The predicted molar refractivity (Wildman–Crippen MR) is 132 cm³/mol. The summed E-state index contributed by atoms with van der Waals surface area (Å²) in [6.07, 6.45) is 1.74. The molecule has 7 nitrogen and oxygen atoms in total. The first-order valence-electron chi connectivity index (χ1n) is 10.8. The zero-order chi connectivity index (χ0) is 24.0. The van der Waals surface area contributed by atoms with E-state index >= 15 is 0 Å². The van der Waals surface area contributed by atoms with Crippen LogP contribution in [0.15, 0.2) is 48.7 Å². The van der Waals surface area contributed by atoms with E-state index in [1.54, 1.807) is 33.0 Å². The number of nitrogens with zero attached hydrogens (tertiary/aromatic N) is 2. The van der Waals surface area contributed by atoms with Crippen LogP contribution in [0.25, 0.3) is 11.3 Å². The number of hydrogen-bond acceptors (Lipinski definition) is 5. The van der Waals surface area contributed by atoms with Crippen LogP contribution in [0.5, 0.6) is 0 Å². The molecule has 0 radical (unpaired) electrons. The second-order valence-corrected chi connectivity index (χ2v) is 10.2. The molecule has 0 bridgehead atoms. The molecule has 0 aliphatic rings. The molecule has 0 aliphatic heterocycles. The van der Waals surface area contributed by atoms with E-state index < -0.39 is 11.7 Å². The van der Waals surface area contributed by atoms with Crippen LogP contribution in [-0.4, -0.2) is 40.0 Å². The first-order valence-corrected chi connectivity index (χ1v) is 12.0. The molecule has 176 valence electrons. The number of carbonyl (C=O) groups excluding carboxylic acids is 2. The van der Waals surface area contributed by atoms with Crippen LogP contribution >= 0.6 is 22.9 Å². The molecule has 0 aliphatic carbocycles. The first kappa shape index (κ1) is 24.8. The Morgan fingerprint density at radius 1 is 1.21 bits per heavy atom. The van der Waals surface area contributed by atoms with E-state index in [2.05, 4.69) is 15.7 Å². The molecule has 3 rings (SSSR count). The van der Waals surface area contributed by atoms with Crippen LogP contribution < -0.4 is 10.6 Å². The molecule has 0 saturated carbocycles. The third-order valence-electron chi connectivity index (χ3n) is 4.75. The Morgan fingerprint density at radius 3 is 2.61 bits per heavy atom. The fourth-order valence-electron chi connectivity index (χ4n) is 3.32. The second kappa shape index (κ2) is 10.9. The van der Waals surface area contributed by atoms with Crippen LogP contribution in [0.2, 0.25) is 4.34 Å². The number of hydrogen-bond donors (Lipinski definition) is 2. The lowest BCUT2D eigenvalue weighted by atomic mass is 10.1. The number of halogens is 1. The van der Waals surface area contributed by atoms with Gasteiger partial charge in [0.05, 0.1) is 16.6 Å². The molecule has 2 heterocycles. The zero-order valence-corrected chi connectivity index (χ0v) is 20.8. The van der Waals surface area contributed by atoms with Crippen molar-refractivity contribution in [2.45, 2.75) is 52.3 Å². The highest BCUT2D eigenvalue weighted by Crippen LogP contribution is 2.35.